The smallest absolute Gasteiger partial charge is 0.175 e. The van der Waals surface area contributed by atoms with Crippen LogP contribution in [0.3, 0.4) is 0 Å². The highest BCUT2D eigenvalue weighted by atomic mass is 79.9. The van der Waals surface area contributed by atoms with Gasteiger partial charge in [-0.05, 0) is 28.1 Å². The van der Waals surface area contributed by atoms with Gasteiger partial charge in [0.05, 0.1) is 16.1 Å². The first-order chi connectivity index (χ1) is 8.78. The third kappa shape index (κ3) is 2.17. The number of hydrogen-bond acceptors (Lipinski definition) is 4. The van der Waals surface area contributed by atoms with Gasteiger partial charge >= 0.3 is 0 Å². The van der Waals surface area contributed by atoms with Crippen molar-refractivity contribution in [3.63, 3.8) is 0 Å². The van der Waals surface area contributed by atoms with Crippen molar-refractivity contribution >= 4 is 33.2 Å². The van der Waals surface area contributed by atoms with E-state index in [0.29, 0.717) is 19.1 Å². The van der Waals surface area contributed by atoms with E-state index in [2.05, 4.69) is 21.1 Å². The second-order valence-corrected chi connectivity index (χ2v) is 5.27. The Morgan fingerprint density at radius 2 is 2.17 bits per heavy atom. The van der Waals surface area contributed by atoms with Crippen LogP contribution >= 0.6 is 27.5 Å². The second kappa shape index (κ2) is 4.97. The summed E-state index contributed by atoms with van der Waals surface area (Å²) >= 11 is 9.24. The maximum Gasteiger partial charge on any atom is 0.175 e. The minimum Gasteiger partial charge on any atom is -0.486 e. The Kier molecular flexibility index (Phi) is 3.35. The number of nitrogens with zero attached hydrogens (tertiary/aromatic N) is 1. The molecule has 1 atom stereocenters. The molecule has 4 nitrogen and oxygen atoms in total. The fourth-order valence-corrected chi connectivity index (χ4v) is 2.68. The standard InChI is InChI=1S/C12H11BrClNO3/c13-9-3-7(10-5-8(6-14)18-15-10)4-11-12(9)17-2-1-16-11/h3-4,8H,1-2,5-6H2. The fourth-order valence-electron chi connectivity index (χ4n) is 1.96. The molecule has 0 radical (unpaired) electrons. The van der Waals surface area contributed by atoms with Crippen molar-refractivity contribution in [3.8, 4) is 11.5 Å². The predicted octanol–water partition coefficient (Wildman–Crippen LogP) is 2.95. The Labute approximate surface area is 118 Å². The second-order valence-electron chi connectivity index (χ2n) is 4.11. The van der Waals surface area contributed by atoms with Gasteiger partial charge in [-0.15, -0.1) is 11.6 Å². The van der Waals surface area contributed by atoms with Gasteiger partial charge < -0.3 is 14.3 Å². The topological polar surface area (TPSA) is 40.0 Å². The van der Waals surface area contributed by atoms with Gasteiger partial charge in [0.2, 0.25) is 0 Å². The summed E-state index contributed by atoms with van der Waals surface area (Å²) < 4.78 is 12.0. The van der Waals surface area contributed by atoms with E-state index in [0.717, 1.165) is 33.7 Å². The largest absolute Gasteiger partial charge is 0.486 e. The molecule has 0 aliphatic carbocycles. The summed E-state index contributed by atoms with van der Waals surface area (Å²) in [5.41, 5.74) is 1.86. The van der Waals surface area contributed by atoms with Gasteiger partial charge in [-0.25, -0.2) is 0 Å². The Morgan fingerprint density at radius 1 is 1.33 bits per heavy atom. The van der Waals surface area contributed by atoms with Crippen molar-refractivity contribution in [2.45, 2.75) is 12.5 Å². The molecule has 1 unspecified atom stereocenters. The van der Waals surface area contributed by atoms with Crippen molar-refractivity contribution < 1.29 is 14.3 Å². The van der Waals surface area contributed by atoms with E-state index in [1.807, 2.05) is 12.1 Å². The van der Waals surface area contributed by atoms with Crippen molar-refractivity contribution in [1.82, 2.24) is 0 Å². The highest BCUT2D eigenvalue weighted by Gasteiger charge is 2.24. The van der Waals surface area contributed by atoms with Gasteiger partial charge in [-0.2, -0.15) is 0 Å². The van der Waals surface area contributed by atoms with Crippen LogP contribution in [-0.4, -0.2) is 30.9 Å². The van der Waals surface area contributed by atoms with Crippen molar-refractivity contribution in [2.24, 2.45) is 5.16 Å². The summed E-state index contributed by atoms with van der Waals surface area (Å²) in [6, 6.07) is 3.89. The summed E-state index contributed by atoms with van der Waals surface area (Å²) in [4.78, 5) is 5.22. The Bertz CT molecular complexity index is 506. The lowest BCUT2D eigenvalue weighted by Gasteiger charge is -2.20. The van der Waals surface area contributed by atoms with E-state index in [1.165, 1.54) is 0 Å². The Balaban J connectivity index is 1.92. The van der Waals surface area contributed by atoms with Crippen LogP contribution in [0.2, 0.25) is 0 Å². The molecule has 0 spiro atoms. The molecular formula is C12H11BrClNO3. The number of hydrogen-bond donors (Lipinski definition) is 0. The number of halogens is 2. The molecule has 0 N–H and O–H groups in total. The average molecular weight is 333 g/mol. The molecule has 6 heteroatoms. The van der Waals surface area contributed by atoms with Crippen LogP contribution in [0.5, 0.6) is 11.5 Å². The molecule has 0 amide bonds. The molecule has 0 fully saturated rings. The van der Waals surface area contributed by atoms with E-state index >= 15 is 0 Å². The number of benzene rings is 1. The minimum absolute atomic E-state index is 0.0337. The molecule has 1 aromatic carbocycles. The van der Waals surface area contributed by atoms with Gasteiger partial charge in [-0.3, -0.25) is 0 Å². The maximum atomic E-state index is 5.75. The zero-order valence-corrected chi connectivity index (χ0v) is 11.8. The average Bonchev–Trinajstić information content (AvgIpc) is 2.87. The zero-order chi connectivity index (χ0) is 12.5. The summed E-state index contributed by atoms with van der Waals surface area (Å²) in [6.07, 6.45) is 0.684. The monoisotopic (exact) mass is 331 g/mol. The Morgan fingerprint density at radius 3 is 2.94 bits per heavy atom. The number of alkyl halides is 1. The van der Waals surface area contributed by atoms with Crippen LogP contribution in [0.15, 0.2) is 21.8 Å². The number of oxime groups is 1. The van der Waals surface area contributed by atoms with Gasteiger partial charge in [0.25, 0.3) is 0 Å². The lowest BCUT2D eigenvalue weighted by Crippen LogP contribution is -2.16. The first kappa shape index (κ1) is 12.1. The quantitative estimate of drug-likeness (QED) is 0.782. The third-order valence-electron chi connectivity index (χ3n) is 2.84. The molecule has 2 aliphatic heterocycles. The Hall–Kier alpha value is -0.940. The highest BCUT2D eigenvalue weighted by molar-refractivity contribution is 9.10. The number of ether oxygens (including phenoxy) is 2. The van der Waals surface area contributed by atoms with Crippen molar-refractivity contribution in [2.75, 3.05) is 19.1 Å². The van der Waals surface area contributed by atoms with Crippen LogP contribution in [0.4, 0.5) is 0 Å². The van der Waals surface area contributed by atoms with Crippen LogP contribution in [0, 0.1) is 0 Å². The SMILES string of the molecule is ClCC1CC(c2cc(Br)c3c(c2)OCCO3)=NO1. The van der Waals surface area contributed by atoms with Crippen molar-refractivity contribution in [3.05, 3.63) is 22.2 Å². The number of rotatable bonds is 2. The molecule has 3 rings (SSSR count). The van der Waals surface area contributed by atoms with Crippen LogP contribution in [0.25, 0.3) is 0 Å². The summed E-state index contributed by atoms with van der Waals surface area (Å²) in [5.74, 6) is 1.93. The molecule has 0 bridgehead atoms. The van der Waals surface area contributed by atoms with E-state index in [-0.39, 0.29) is 6.10 Å². The molecule has 2 heterocycles. The van der Waals surface area contributed by atoms with E-state index in [9.17, 15) is 0 Å². The lowest BCUT2D eigenvalue weighted by molar-refractivity contribution is 0.102. The first-order valence-electron chi connectivity index (χ1n) is 5.66. The van der Waals surface area contributed by atoms with Gasteiger partial charge in [-0.1, -0.05) is 5.16 Å². The molecule has 0 aromatic heterocycles. The van der Waals surface area contributed by atoms with Crippen LogP contribution < -0.4 is 9.47 Å². The van der Waals surface area contributed by atoms with E-state index < -0.39 is 0 Å². The zero-order valence-electron chi connectivity index (χ0n) is 9.49. The first-order valence-corrected chi connectivity index (χ1v) is 6.99. The predicted molar refractivity (Wildman–Crippen MR) is 71.9 cm³/mol. The maximum absolute atomic E-state index is 5.75. The van der Waals surface area contributed by atoms with Gasteiger partial charge in [0.1, 0.15) is 19.3 Å². The van der Waals surface area contributed by atoms with E-state index in [4.69, 9.17) is 25.9 Å². The summed E-state index contributed by atoms with van der Waals surface area (Å²) in [6.45, 7) is 1.14. The fraction of sp³-hybridized carbons (Fsp3) is 0.417. The normalized spacial score (nSPS) is 21.4. The van der Waals surface area contributed by atoms with Crippen molar-refractivity contribution in [1.29, 1.82) is 0 Å². The minimum atomic E-state index is -0.0337. The molecule has 2 aliphatic rings. The number of fused-ring (bicyclic) bond motifs is 1. The summed E-state index contributed by atoms with van der Waals surface area (Å²) in [5, 5.41) is 4.06. The van der Waals surface area contributed by atoms with Crippen LogP contribution in [-0.2, 0) is 4.84 Å². The molecule has 0 saturated heterocycles. The highest BCUT2D eigenvalue weighted by Crippen LogP contribution is 2.39. The van der Waals surface area contributed by atoms with Crippen LogP contribution in [0.1, 0.15) is 12.0 Å². The molecular weight excluding hydrogens is 321 g/mol. The molecule has 96 valence electrons. The lowest BCUT2D eigenvalue weighted by atomic mass is 10.0. The van der Waals surface area contributed by atoms with Gasteiger partial charge in [0.15, 0.2) is 11.5 Å². The molecule has 0 saturated carbocycles. The summed E-state index contributed by atoms with van der Waals surface area (Å²) in [7, 11) is 0. The van der Waals surface area contributed by atoms with Gasteiger partial charge in [0, 0.05) is 12.0 Å². The third-order valence-corrected chi connectivity index (χ3v) is 3.77. The van der Waals surface area contributed by atoms with E-state index in [1.54, 1.807) is 0 Å². The molecule has 1 aromatic rings. The molecule has 18 heavy (non-hydrogen) atoms.